The third-order valence-electron chi connectivity index (χ3n) is 8.19. The summed E-state index contributed by atoms with van der Waals surface area (Å²) in [5.41, 5.74) is -1.98. The van der Waals surface area contributed by atoms with Gasteiger partial charge in [0.1, 0.15) is 41.3 Å². The van der Waals surface area contributed by atoms with Crippen molar-refractivity contribution in [2.75, 3.05) is 13.2 Å². The minimum Gasteiger partial charge on any atom is -0.386 e. The Bertz CT molecular complexity index is 2010. The molecule has 1 N–H and O–H groups in total. The third kappa shape index (κ3) is 5.52. The number of halogens is 3. The van der Waals surface area contributed by atoms with Crippen LogP contribution in [0.3, 0.4) is 0 Å². The lowest BCUT2D eigenvalue weighted by Gasteiger charge is -2.30. The molecule has 0 bridgehead atoms. The zero-order valence-corrected chi connectivity index (χ0v) is 26.5. The Hall–Kier alpha value is -3.06. The van der Waals surface area contributed by atoms with E-state index in [-0.39, 0.29) is 11.3 Å². The predicted molar refractivity (Wildman–Crippen MR) is 157 cm³/mol. The second kappa shape index (κ2) is 11.8. The number of aliphatic hydroxyl groups is 1. The number of hydrogen-bond acceptors (Lipinski definition) is 13. The maximum atomic E-state index is 16.0. The first-order valence-electron chi connectivity index (χ1n) is 14.1. The zero-order valence-electron chi connectivity index (χ0n) is 24.7. The summed E-state index contributed by atoms with van der Waals surface area (Å²) in [6.45, 7) is -1.65. The van der Waals surface area contributed by atoms with Gasteiger partial charge in [0, 0.05) is 26.5 Å². The van der Waals surface area contributed by atoms with Gasteiger partial charge in [0.25, 0.3) is 26.1 Å². The first kappa shape index (κ1) is 33.4. The van der Waals surface area contributed by atoms with E-state index < -0.39 is 111 Å². The first-order chi connectivity index (χ1) is 22.6. The molecule has 48 heavy (non-hydrogen) atoms. The summed E-state index contributed by atoms with van der Waals surface area (Å²) in [6.07, 6.45) is -10.1. The van der Waals surface area contributed by atoms with Crippen LogP contribution in [0.25, 0.3) is 22.1 Å². The monoisotopic (exact) mass is 712 g/mol. The molecular weight excluding hydrogens is 689 g/mol. The van der Waals surface area contributed by atoms with Gasteiger partial charge in [-0.1, -0.05) is 0 Å². The third-order valence-corrected chi connectivity index (χ3v) is 10.3. The van der Waals surface area contributed by atoms with Crippen molar-refractivity contribution in [3.63, 3.8) is 0 Å². The first-order valence-corrected chi connectivity index (χ1v) is 17.3. The van der Waals surface area contributed by atoms with E-state index >= 15 is 4.39 Å². The van der Waals surface area contributed by atoms with Crippen LogP contribution in [-0.2, 0) is 50.8 Å². The molecule has 4 aromatic rings. The van der Waals surface area contributed by atoms with Crippen molar-refractivity contribution >= 4 is 52.1 Å². The van der Waals surface area contributed by atoms with Crippen LogP contribution in [0.1, 0.15) is 12.5 Å². The fraction of sp³-hybridized carbons (Fsp3) is 0.500. The number of aliphatic hydroxyl groups excluding tert-OH is 1. The van der Waals surface area contributed by atoms with Gasteiger partial charge in [-0.05, 0) is 0 Å². The minimum absolute atomic E-state index is 0.211. The average molecular weight is 712 g/mol. The molecule has 0 spiro atoms. The number of alkyl halides is 1. The summed E-state index contributed by atoms with van der Waals surface area (Å²) >= 11 is 0. The van der Waals surface area contributed by atoms with E-state index in [0.717, 1.165) is 43.3 Å². The SMILES string of the molecule is [B]P1(=O)OC[C@H]2O[C@@H](n3cc(F)c4c(=O)n(C)cnc43)C(F)[C@H]2OP([B])(=O)OC[C@H]2O[C@@H](n3cc(F)c4c(=O)n(C)cnc43)[C@@H](O)C2O1. The number of fused-ring (bicyclic) bond motifs is 4. The fourth-order valence-corrected chi connectivity index (χ4v) is 7.92. The van der Waals surface area contributed by atoms with Crippen molar-refractivity contribution in [3.05, 3.63) is 57.4 Å². The molecule has 3 aliphatic rings. The van der Waals surface area contributed by atoms with Crippen LogP contribution < -0.4 is 11.1 Å². The Kier molecular flexibility index (Phi) is 8.20. The van der Waals surface area contributed by atoms with Crippen LogP contribution in [0.2, 0.25) is 0 Å². The van der Waals surface area contributed by atoms with E-state index in [1.807, 2.05) is 0 Å². The van der Waals surface area contributed by atoms with Gasteiger partial charge in [0.2, 0.25) is 15.1 Å². The molecule has 3 saturated heterocycles. The second-order valence-corrected chi connectivity index (χ2v) is 14.5. The summed E-state index contributed by atoms with van der Waals surface area (Å²) < 4.78 is 109. The Morgan fingerprint density at radius 3 is 1.77 bits per heavy atom. The number of aromatic nitrogens is 6. The van der Waals surface area contributed by atoms with E-state index in [4.69, 9.17) is 42.7 Å². The lowest BCUT2D eigenvalue weighted by molar-refractivity contribution is -0.0558. The van der Waals surface area contributed by atoms with Gasteiger partial charge in [-0.15, -0.1) is 0 Å². The minimum atomic E-state index is -4.73. The molecule has 7 rings (SSSR count). The fourth-order valence-electron chi connectivity index (χ4n) is 5.90. The summed E-state index contributed by atoms with van der Waals surface area (Å²) in [5.74, 6) is -2.01. The number of hydrogen-bond donors (Lipinski definition) is 1. The van der Waals surface area contributed by atoms with Crippen molar-refractivity contribution < 1.29 is 55.0 Å². The number of ether oxygens (including phenoxy) is 2. The average Bonchev–Trinajstić information content (AvgIpc) is 3.72. The maximum absolute atomic E-state index is 16.0. The summed E-state index contributed by atoms with van der Waals surface area (Å²) in [4.78, 5) is 33.0. The number of rotatable bonds is 2. The van der Waals surface area contributed by atoms with Crippen LogP contribution in [-0.4, -0.2) is 98.4 Å². The Morgan fingerprint density at radius 1 is 0.812 bits per heavy atom. The lowest BCUT2D eigenvalue weighted by atomic mass is 10.1. The predicted octanol–water partition coefficient (Wildman–Crippen LogP) is 0.626. The zero-order chi connectivity index (χ0) is 34.4. The van der Waals surface area contributed by atoms with Crippen LogP contribution in [0.4, 0.5) is 13.2 Å². The van der Waals surface area contributed by atoms with E-state index in [1.165, 1.54) is 14.1 Å². The molecule has 0 aromatic carbocycles. The van der Waals surface area contributed by atoms with E-state index in [9.17, 15) is 32.6 Å². The lowest BCUT2D eigenvalue weighted by Crippen LogP contribution is -2.38. The quantitative estimate of drug-likeness (QED) is 0.225. The van der Waals surface area contributed by atoms with E-state index in [0.29, 0.717) is 0 Å². The standard InChI is InChI=1S/C24H23B2F3N6O11P2/c1-32-7-30-19-13(21(32)37)9(27)3-34(19)23-15(29)17-11(43-23)5-41-48(26,40)46-18-12(6-42-47(25,39)45-17)44-24(16(18)36)35-4-10(28)14-20(35)31-8-33(2)22(14)38/h3-4,7-8,11-12,15-18,23-24,36H,5-6H2,1-2H3/t11-,12-,15?,16+,17+,18?,23-,24-,47?,48?/m1/s1. The van der Waals surface area contributed by atoms with Gasteiger partial charge in [0.15, 0.2) is 41.6 Å². The second-order valence-electron chi connectivity index (χ2n) is 11.4. The van der Waals surface area contributed by atoms with Gasteiger partial charge in [-0.2, -0.15) is 0 Å². The van der Waals surface area contributed by atoms with Crippen molar-refractivity contribution in [1.29, 1.82) is 0 Å². The van der Waals surface area contributed by atoms with Gasteiger partial charge >= 0.3 is 0 Å². The molecule has 0 aliphatic carbocycles. The maximum Gasteiger partial charge on any atom is 0.265 e. The van der Waals surface area contributed by atoms with Crippen molar-refractivity contribution in [3.8, 4) is 0 Å². The summed E-state index contributed by atoms with van der Waals surface area (Å²) in [6, 6.07) is 0. The summed E-state index contributed by atoms with van der Waals surface area (Å²) in [7, 11) is 4.90. The Balaban J connectivity index is 1.18. The smallest absolute Gasteiger partial charge is 0.265 e. The van der Waals surface area contributed by atoms with Crippen LogP contribution >= 0.6 is 14.9 Å². The highest BCUT2D eigenvalue weighted by Gasteiger charge is 2.53. The highest BCUT2D eigenvalue weighted by molar-refractivity contribution is 7.79. The van der Waals surface area contributed by atoms with Gasteiger partial charge in [-0.3, -0.25) is 23.3 Å². The molecular formula is C24H23B2F3N6O11P2. The molecule has 0 saturated carbocycles. The van der Waals surface area contributed by atoms with Crippen molar-refractivity contribution in [2.24, 2.45) is 14.1 Å². The van der Waals surface area contributed by atoms with Gasteiger partial charge in [0.05, 0.1) is 25.9 Å². The number of nitrogens with zero attached hydrogens (tertiary/aromatic N) is 6. The highest BCUT2D eigenvalue weighted by atomic mass is 31.2. The van der Waals surface area contributed by atoms with Gasteiger partial charge in [-0.25, -0.2) is 23.1 Å². The molecule has 3 aliphatic heterocycles. The van der Waals surface area contributed by atoms with Crippen molar-refractivity contribution in [1.82, 2.24) is 28.2 Å². The largest absolute Gasteiger partial charge is 0.386 e. The van der Waals surface area contributed by atoms with Crippen LogP contribution in [0, 0.1) is 11.6 Å². The molecule has 0 amide bonds. The molecule has 4 aromatic heterocycles. The normalized spacial score (nSPS) is 36.1. The molecule has 7 heterocycles. The Labute approximate surface area is 269 Å². The van der Waals surface area contributed by atoms with Crippen molar-refractivity contribution in [2.45, 2.75) is 49.1 Å². The molecule has 4 unspecified atom stereocenters. The Morgan fingerprint density at radius 2 is 1.25 bits per heavy atom. The van der Waals surface area contributed by atoms with E-state index in [1.54, 1.807) is 0 Å². The molecule has 3 fully saturated rings. The van der Waals surface area contributed by atoms with Crippen LogP contribution in [0.5, 0.6) is 0 Å². The molecule has 4 radical (unpaired) electrons. The highest BCUT2D eigenvalue weighted by Crippen LogP contribution is 2.53. The molecule has 24 heteroatoms. The van der Waals surface area contributed by atoms with Gasteiger partial charge < -0.3 is 46.4 Å². The van der Waals surface area contributed by atoms with Crippen LogP contribution in [0.15, 0.2) is 34.6 Å². The topological polar surface area (TPSA) is 189 Å². The number of aryl methyl sites for hydroxylation is 2. The molecule has 17 nitrogen and oxygen atoms in total. The molecule has 10 atom stereocenters. The molecule has 252 valence electrons. The summed E-state index contributed by atoms with van der Waals surface area (Å²) in [5, 5.41) is 10.3. The van der Waals surface area contributed by atoms with E-state index in [2.05, 4.69) is 9.97 Å².